The highest BCUT2D eigenvalue weighted by atomic mass is 32.2. The molecule has 1 fully saturated rings. The molecule has 0 spiro atoms. The third-order valence-corrected chi connectivity index (χ3v) is 8.99. The topological polar surface area (TPSA) is 120 Å². The molecule has 8 nitrogen and oxygen atoms in total. The second-order valence-corrected chi connectivity index (χ2v) is 12.0. The number of benzene rings is 2. The summed E-state index contributed by atoms with van der Waals surface area (Å²) < 4.78 is 27.3. The number of nitrogens with two attached hydrogens (primary N) is 1. The summed E-state index contributed by atoms with van der Waals surface area (Å²) in [6, 6.07) is 11.8. The van der Waals surface area contributed by atoms with Crippen LogP contribution in [0.2, 0.25) is 0 Å². The van der Waals surface area contributed by atoms with Gasteiger partial charge in [-0.2, -0.15) is 0 Å². The molecule has 2 aromatic carbocycles. The number of fused-ring (bicyclic) bond motifs is 1. The van der Waals surface area contributed by atoms with Crippen molar-refractivity contribution >= 4 is 26.8 Å². The van der Waals surface area contributed by atoms with Gasteiger partial charge < -0.3 is 20.7 Å². The normalized spacial score (nSPS) is 15.7. The van der Waals surface area contributed by atoms with Gasteiger partial charge in [0, 0.05) is 30.2 Å². The Bertz CT molecular complexity index is 1310. The number of hydrogen-bond donors (Lipinski definition) is 3. The van der Waals surface area contributed by atoms with Crippen molar-refractivity contribution in [3.8, 4) is 11.1 Å². The fraction of sp³-hybridized carbons (Fsp3) is 0.444. The van der Waals surface area contributed by atoms with Crippen LogP contribution in [0.1, 0.15) is 41.9 Å². The minimum Gasteiger partial charge on any atom is -0.392 e. The molecule has 0 aliphatic carbocycles. The number of aliphatic hydroxyl groups is 1. The number of H-pyrrole nitrogens is 1. The predicted octanol–water partition coefficient (Wildman–Crippen LogP) is 2.82. The van der Waals surface area contributed by atoms with Gasteiger partial charge in [-0.1, -0.05) is 24.3 Å². The smallest absolute Gasteiger partial charge is 0.221 e. The van der Waals surface area contributed by atoms with E-state index >= 15 is 0 Å². The average molecular weight is 513 g/mol. The maximum atomic E-state index is 12.8. The molecule has 0 saturated carbocycles. The number of primary amides is 1. The van der Waals surface area contributed by atoms with Crippen molar-refractivity contribution in [3.05, 3.63) is 59.3 Å². The van der Waals surface area contributed by atoms with E-state index in [0.717, 1.165) is 58.1 Å². The number of aliphatic hydroxyl groups excluding tert-OH is 1. The largest absolute Gasteiger partial charge is 0.392 e. The zero-order valence-corrected chi connectivity index (χ0v) is 21.9. The van der Waals surface area contributed by atoms with Crippen LogP contribution in [0.4, 0.5) is 0 Å². The van der Waals surface area contributed by atoms with Crippen LogP contribution >= 0.6 is 0 Å². The van der Waals surface area contributed by atoms with Gasteiger partial charge in [-0.3, -0.25) is 4.79 Å². The number of amides is 1. The third-order valence-electron chi connectivity index (χ3n) is 7.03. The van der Waals surface area contributed by atoms with Crippen molar-refractivity contribution in [2.24, 2.45) is 5.73 Å². The number of nitrogens with one attached hydrogen (secondary N) is 1. The number of carbonyl (C=O) groups is 1. The van der Waals surface area contributed by atoms with Crippen LogP contribution in [0, 0.1) is 0 Å². The minimum atomic E-state index is -3.25. The number of sulfonamides is 1. The molecule has 0 atom stereocenters. The molecule has 36 heavy (non-hydrogen) atoms. The molecule has 3 aromatic rings. The zero-order chi connectivity index (χ0) is 25.9. The molecule has 1 aliphatic rings. The number of piperidine rings is 1. The Balaban J connectivity index is 1.59. The van der Waals surface area contributed by atoms with E-state index in [4.69, 9.17) is 5.73 Å². The maximum Gasteiger partial charge on any atom is 0.221 e. The minimum absolute atomic E-state index is 0.0156. The lowest BCUT2D eigenvalue weighted by molar-refractivity contribution is -0.117. The van der Waals surface area contributed by atoms with Crippen molar-refractivity contribution in [2.45, 2.75) is 38.2 Å². The van der Waals surface area contributed by atoms with Gasteiger partial charge in [0.2, 0.25) is 15.9 Å². The first-order valence-electron chi connectivity index (χ1n) is 12.4. The van der Waals surface area contributed by atoms with E-state index < -0.39 is 15.9 Å². The van der Waals surface area contributed by atoms with Crippen molar-refractivity contribution in [2.75, 3.05) is 39.5 Å². The molecule has 0 bridgehead atoms. The first-order valence-corrected chi connectivity index (χ1v) is 14.0. The van der Waals surface area contributed by atoms with E-state index in [9.17, 15) is 18.3 Å². The Kier molecular flexibility index (Phi) is 8.14. The molecule has 4 rings (SSSR count). The number of nitrogens with zero attached hydrogens (tertiary/aromatic N) is 2. The number of rotatable bonds is 10. The average Bonchev–Trinajstić information content (AvgIpc) is 3.28. The highest BCUT2D eigenvalue weighted by Crippen LogP contribution is 2.37. The fourth-order valence-electron chi connectivity index (χ4n) is 5.10. The van der Waals surface area contributed by atoms with Gasteiger partial charge in [0.25, 0.3) is 0 Å². The van der Waals surface area contributed by atoms with Gasteiger partial charge in [0.1, 0.15) is 0 Å². The molecule has 1 saturated heterocycles. The van der Waals surface area contributed by atoms with Gasteiger partial charge in [-0.15, -0.1) is 0 Å². The Morgan fingerprint density at radius 3 is 2.44 bits per heavy atom. The van der Waals surface area contributed by atoms with Gasteiger partial charge in [-0.25, -0.2) is 12.7 Å². The predicted molar refractivity (Wildman–Crippen MR) is 143 cm³/mol. The summed E-state index contributed by atoms with van der Waals surface area (Å²) in [5.74, 6) is 0.00566. The van der Waals surface area contributed by atoms with Crippen LogP contribution in [0.15, 0.2) is 42.6 Å². The fourth-order valence-corrected chi connectivity index (χ4v) is 6.62. The van der Waals surface area contributed by atoms with Crippen LogP contribution in [0.3, 0.4) is 0 Å². The van der Waals surface area contributed by atoms with Crippen LogP contribution in [-0.2, 0) is 27.8 Å². The van der Waals surface area contributed by atoms with Gasteiger partial charge in [0.05, 0.1) is 18.8 Å². The quantitative estimate of drug-likeness (QED) is 0.386. The first kappa shape index (κ1) is 26.3. The molecular weight excluding hydrogens is 476 g/mol. The van der Waals surface area contributed by atoms with Crippen molar-refractivity contribution < 1.29 is 18.3 Å². The van der Waals surface area contributed by atoms with Crippen molar-refractivity contribution in [3.63, 3.8) is 0 Å². The van der Waals surface area contributed by atoms with E-state index in [1.165, 1.54) is 0 Å². The zero-order valence-electron chi connectivity index (χ0n) is 21.0. The second kappa shape index (κ2) is 11.1. The Labute approximate surface area is 213 Å². The summed E-state index contributed by atoms with van der Waals surface area (Å²) in [6.45, 7) is 1.76. The highest BCUT2D eigenvalue weighted by molar-refractivity contribution is 7.89. The summed E-state index contributed by atoms with van der Waals surface area (Å²) >= 11 is 0. The molecule has 2 heterocycles. The van der Waals surface area contributed by atoms with Crippen LogP contribution in [-0.4, -0.2) is 73.1 Å². The third kappa shape index (κ3) is 5.98. The van der Waals surface area contributed by atoms with Crippen LogP contribution in [0.5, 0.6) is 0 Å². The summed E-state index contributed by atoms with van der Waals surface area (Å²) in [4.78, 5) is 17.2. The molecule has 1 amide bonds. The van der Waals surface area contributed by atoms with Crippen molar-refractivity contribution in [1.29, 1.82) is 0 Å². The van der Waals surface area contributed by atoms with E-state index in [1.807, 2.05) is 55.5 Å². The van der Waals surface area contributed by atoms with E-state index in [2.05, 4.69) is 11.1 Å². The number of aromatic nitrogens is 1. The number of hydrogen-bond acceptors (Lipinski definition) is 5. The lowest BCUT2D eigenvalue weighted by atomic mass is 9.88. The highest BCUT2D eigenvalue weighted by Gasteiger charge is 2.29. The van der Waals surface area contributed by atoms with E-state index in [0.29, 0.717) is 19.5 Å². The lowest BCUT2D eigenvalue weighted by Crippen LogP contribution is -2.39. The molecule has 4 N–H and O–H groups in total. The molecule has 0 unspecified atom stereocenters. The Morgan fingerprint density at radius 2 is 1.83 bits per heavy atom. The maximum absolute atomic E-state index is 12.8. The molecule has 0 radical (unpaired) electrons. The SMILES string of the molecule is CN(C)CCCS(=O)(=O)N1CCC(c2c[nH]c3c(CC(N)=O)cc(-c4ccc(CO)cc4)cc23)CC1. The lowest BCUT2D eigenvalue weighted by Gasteiger charge is -2.31. The first-order chi connectivity index (χ1) is 17.2. The van der Waals surface area contributed by atoms with Gasteiger partial charge in [0.15, 0.2) is 0 Å². The summed E-state index contributed by atoms with van der Waals surface area (Å²) in [5, 5.41) is 10.4. The van der Waals surface area contributed by atoms with Gasteiger partial charge >= 0.3 is 0 Å². The standard InChI is InChI=1S/C27H36N4O4S/c1-30(2)10-3-13-36(34,35)31-11-8-21(9-12-31)25-17-29-27-23(16-26(28)33)14-22(15-24(25)27)20-6-4-19(18-32)5-7-20/h4-7,14-15,17,21,29,32H,3,8-13,16,18H2,1-2H3,(H2,28,33). The van der Waals surface area contributed by atoms with Gasteiger partial charge in [-0.05, 0) is 85.8 Å². The summed E-state index contributed by atoms with van der Waals surface area (Å²) in [5.41, 5.74) is 11.2. The molecule has 1 aliphatic heterocycles. The summed E-state index contributed by atoms with van der Waals surface area (Å²) in [7, 11) is 0.643. The van der Waals surface area contributed by atoms with Crippen LogP contribution < -0.4 is 5.73 Å². The molecule has 1 aromatic heterocycles. The molecule has 194 valence electrons. The van der Waals surface area contributed by atoms with E-state index in [1.54, 1.807) is 4.31 Å². The van der Waals surface area contributed by atoms with Crippen LogP contribution in [0.25, 0.3) is 22.0 Å². The monoisotopic (exact) mass is 512 g/mol. The second-order valence-electron chi connectivity index (χ2n) is 9.95. The van der Waals surface area contributed by atoms with E-state index in [-0.39, 0.29) is 24.7 Å². The Morgan fingerprint density at radius 1 is 1.14 bits per heavy atom. The molecule has 9 heteroatoms. The number of carbonyl (C=O) groups excluding carboxylic acids is 1. The summed E-state index contributed by atoms with van der Waals surface area (Å²) in [6.07, 6.45) is 4.26. The van der Waals surface area contributed by atoms with Crippen molar-refractivity contribution in [1.82, 2.24) is 14.2 Å². The number of aromatic amines is 1. The Hall–Kier alpha value is -2.72. The molecular formula is C27H36N4O4S.